The molecule has 2 aromatic rings. The van der Waals surface area contributed by atoms with Crippen molar-refractivity contribution in [2.75, 3.05) is 7.11 Å². The van der Waals surface area contributed by atoms with Crippen LogP contribution in [0.3, 0.4) is 0 Å². The summed E-state index contributed by atoms with van der Waals surface area (Å²) < 4.78 is 5.66. The fourth-order valence-corrected chi connectivity index (χ4v) is 1.51. The van der Waals surface area contributed by atoms with Gasteiger partial charge in [-0.3, -0.25) is 9.63 Å². The van der Waals surface area contributed by atoms with Crippen LogP contribution in [0.15, 0.2) is 54.6 Å². The summed E-state index contributed by atoms with van der Waals surface area (Å²) in [4.78, 5) is 16.3. The molecule has 0 heterocycles. The molecular weight excluding hydrogens is 230 g/mol. The van der Waals surface area contributed by atoms with Crippen LogP contribution in [0.5, 0.6) is 11.5 Å². The molecular formula is C14H13NO3. The highest BCUT2D eigenvalue weighted by molar-refractivity contribution is 5.96. The molecule has 0 aliphatic rings. The first kappa shape index (κ1) is 12.1. The Balaban J connectivity index is 2.25. The smallest absolute Gasteiger partial charge is 0.278 e. The minimum Gasteiger partial charge on any atom is -0.457 e. The number of hydrogen-bond acceptors (Lipinski definition) is 3. The van der Waals surface area contributed by atoms with E-state index >= 15 is 0 Å². The van der Waals surface area contributed by atoms with Crippen molar-refractivity contribution in [1.82, 2.24) is 5.48 Å². The van der Waals surface area contributed by atoms with Crippen LogP contribution in [0.1, 0.15) is 10.4 Å². The second-order valence-corrected chi connectivity index (χ2v) is 3.55. The van der Waals surface area contributed by atoms with Crippen LogP contribution in [0.4, 0.5) is 0 Å². The van der Waals surface area contributed by atoms with Gasteiger partial charge in [-0.15, -0.1) is 0 Å². The molecule has 0 radical (unpaired) electrons. The molecule has 18 heavy (non-hydrogen) atoms. The minimum atomic E-state index is -0.343. The molecule has 4 heteroatoms. The quantitative estimate of drug-likeness (QED) is 0.840. The van der Waals surface area contributed by atoms with Gasteiger partial charge in [0.25, 0.3) is 5.91 Å². The van der Waals surface area contributed by atoms with Crippen LogP contribution < -0.4 is 10.2 Å². The van der Waals surface area contributed by atoms with E-state index in [4.69, 9.17) is 4.74 Å². The van der Waals surface area contributed by atoms with E-state index in [-0.39, 0.29) is 5.91 Å². The second kappa shape index (κ2) is 5.84. The molecule has 4 nitrogen and oxygen atoms in total. The lowest BCUT2D eigenvalue weighted by molar-refractivity contribution is 0.0535. The van der Waals surface area contributed by atoms with Crippen molar-refractivity contribution in [2.24, 2.45) is 0 Å². The van der Waals surface area contributed by atoms with E-state index in [1.165, 1.54) is 7.11 Å². The third kappa shape index (κ3) is 2.87. The van der Waals surface area contributed by atoms with E-state index in [1.54, 1.807) is 18.2 Å². The molecule has 0 saturated heterocycles. The highest BCUT2D eigenvalue weighted by atomic mass is 16.6. The molecule has 2 aromatic carbocycles. The number of carbonyl (C=O) groups excluding carboxylic acids is 1. The molecule has 0 saturated carbocycles. The van der Waals surface area contributed by atoms with Gasteiger partial charge in [0.05, 0.1) is 12.7 Å². The third-order valence-electron chi connectivity index (χ3n) is 2.30. The number of hydrogen-bond donors (Lipinski definition) is 1. The number of benzene rings is 2. The van der Waals surface area contributed by atoms with Gasteiger partial charge in [0.15, 0.2) is 0 Å². The molecule has 0 atom stereocenters. The second-order valence-electron chi connectivity index (χ2n) is 3.55. The SMILES string of the molecule is CONC(=O)c1ccccc1Oc1ccccc1. The number of ether oxygens (including phenoxy) is 1. The zero-order chi connectivity index (χ0) is 12.8. The Morgan fingerprint density at radius 2 is 1.67 bits per heavy atom. The maximum Gasteiger partial charge on any atom is 0.278 e. The molecule has 0 aliphatic heterocycles. The highest BCUT2D eigenvalue weighted by Crippen LogP contribution is 2.24. The average Bonchev–Trinajstić information content (AvgIpc) is 2.41. The molecule has 0 fully saturated rings. The lowest BCUT2D eigenvalue weighted by Gasteiger charge is -2.10. The van der Waals surface area contributed by atoms with Crippen molar-refractivity contribution >= 4 is 5.91 Å². The van der Waals surface area contributed by atoms with E-state index < -0.39 is 0 Å². The van der Waals surface area contributed by atoms with Crippen LogP contribution in [-0.4, -0.2) is 13.0 Å². The van der Waals surface area contributed by atoms with Gasteiger partial charge in [-0.25, -0.2) is 5.48 Å². The van der Waals surface area contributed by atoms with Gasteiger partial charge in [-0.1, -0.05) is 30.3 Å². The first-order chi connectivity index (χ1) is 8.81. The lowest BCUT2D eigenvalue weighted by Crippen LogP contribution is -2.22. The van der Waals surface area contributed by atoms with Crippen LogP contribution in [0.25, 0.3) is 0 Å². The molecule has 1 N–H and O–H groups in total. The number of carbonyl (C=O) groups is 1. The van der Waals surface area contributed by atoms with E-state index in [9.17, 15) is 4.79 Å². The minimum absolute atomic E-state index is 0.343. The van der Waals surface area contributed by atoms with Gasteiger partial charge in [-0.2, -0.15) is 0 Å². The topological polar surface area (TPSA) is 47.6 Å². The van der Waals surface area contributed by atoms with Crippen molar-refractivity contribution in [3.8, 4) is 11.5 Å². The van der Waals surface area contributed by atoms with Gasteiger partial charge in [0.2, 0.25) is 0 Å². The largest absolute Gasteiger partial charge is 0.457 e. The van der Waals surface area contributed by atoms with Crippen LogP contribution in [-0.2, 0) is 4.84 Å². The number of nitrogens with one attached hydrogen (secondary N) is 1. The van der Waals surface area contributed by atoms with Crippen LogP contribution in [0, 0.1) is 0 Å². The summed E-state index contributed by atoms with van der Waals surface area (Å²) >= 11 is 0. The summed E-state index contributed by atoms with van der Waals surface area (Å²) in [5.41, 5.74) is 2.69. The summed E-state index contributed by atoms with van der Waals surface area (Å²) in [6, 6.07) is 16.3. The molecule has 0 aromatic heterocycles. The maximum absolute atomic E-state index is 11.7. The number of hydroxylamine groups is 1. The molecule has 0 bridgehead atoms. The van der Waals surface area contributed by atoms with Gasteiger partial charge in [0.1, 0.15) is 11.5 Å². The van der Waals surface area contributed by atoms with Gasteiger partial charge < -0.3 is 4.74 Å². The van der Waals surface area contributed by atoms with Crippen LogP contribution in [0.2, 0.25) is 0 Å². The highest BCUT2D eigenvalue weighted by Gasteiger charge is 2.12. The van der Waals surface area contributed by atoms with E-state index in [1.807, 2.05) is 36.4 Å². The number of para-hydroxylation sites is 2. The molecule has 92 valence electrons. The summed E-state index contributed by atoms with van der Waals surface area (Å²) in [7, 11) is 1.39. The summed E-state index contributed by atoms with van der Waals surface area (Å²) in [6.07, 6.45) is 0. The Morgan fingerprint density at radius 3 is 2.39 bits per heavy atom. The molecule has 0 spiro atoms. The van der Waals surface area contributed by atoms with Crippen molar-refractivity contribution < 1.29 is 14.4 Å². The Kier molecular flexibility index (Phi) is 3.94. The van der Waals surface area contributed by atoms with Gasteiger partial charge >= 0.3 is 0 Å². The van der Waals surface area contributed by atoms with E-state index in [0.717, 1.165) is 0 Å². The zero-order valence-electron chi connectivity index (χ0n) is 9.92. The number of rotatable bonds is 4. The Bertz CT molecular complexity index is 526. The third-order valence-corrected chi connectivity index (χ3v) is 2.30. The first-order valence-electron chi connectivity index (χ1n) is 5.46. The van der Waals surface area contributed by atoms with Crippen molar-refractivity contribution in [3.63, 3.8) is 0 Å². The summed E-state index contributed by atoms with van der Waals surface area (Å²) in [5, 5.41) is 0. The molecule has 0 unspecified atom stereocenters. The maximum atomic E-state index is 11.7. The Hall–Kier alpha value is -2.33. The summed E-state index contributed by atoms with van der Waals surface area (Å²) in [5.74, 6) is 0.817. The zero-order valence-corrected chi connectivity index (χ0v) is 9.92. The first-order valence-corrected chi connectivity index (χ1v) is 5.46. The fraction of sp³-hybridized carbons (Fsp3) is 0.0714. The van der Waals surface area contributed by atoms with Crippen LogP contribution >= 0.6 is 0 Å². The van der Waals surface area contributed by atoms with Crippen molar-refractivity contribution in [1.29, 1.82) is 0 Å². The standard InChI is InChI=1S/C14H13NO3/c1-17-15-14(16)12-9-5-6-10-13(12)18-11-7-3-2-4-8-11/h2-10H,1H3,(H,15,16). The van der Waals surface area contributed by atoms with Gasteiger partial charge in [-0.05, 0) is 24.3 Å². The van der Waals surface area contributed by atoms with E-state index in [2.05, 4.69) is 10.3 Å². The fourth-order valence-electron chi connectivity index (χ4n) is 1.51. The predicted molar refractivity (Wildman–Crippen MR) is 67.4 cm³/mol. The number of amides is 1. The molecule has 2 rings (SSSR count). The molecule has 1 amide bonds. The van der Waals surface area contributed by atoms with Gasteiger partial charge in [0, 0.05) is 0 Å². The molecule has 0 aliphatic carbocycles. The van der Waals surface area contributed by atoms with E-state index in [0.29, 0.717) is 17.1 Å². The summed E-state index contributed by atoms with van der Waals surface area (Å²) in [6.45, 7) is 0. The van der Waals surface area contributed by atoms with Crippen molar-refractivity contribution in [2.45, 2.75) is 0 Å². The predicted octanol–water partition coefficient (Wildman–Crippen LogP) is 2.77. The Labute approximate surface area is 105 Å². The Morgan fingerprint density at radius 1 is 1.00 bits per heavy atom. The lowest BCUT2D eigenvalue weighted by atomic mass is 10.2. The average molecular weight is 243 g/mol. The van der Waals surface area contributed by atoms with Crippen molar-refractivity contribution in [3.05, 3.63) is 60.2 Å². The normalized spacial score (nSPS) is 9.83. The monoisotopic (exact) mass is 243 g/mol.